The fourth-order valence-electron chi connectivity index (χ4n) is 2.98. The fraction of sp³-hybridized carbons (Fsp3) is 0.182. The second-order valence-electron chi connectivity index (χ2n) is 6.65. The van der Waals surface area contributed by atoms with E-state index in [1.165, 1.54) is 0 Å². The SMILES string of the molecule is O=C(NCCCc1nc(-c2ccncc2)cs1)c1ccc(Cn2ccnc2)cc1. The summed E-state index contributed by atoms with van der Waals surface area (Å²) in [6.07, 6.45) is 10.7. The molecule has 0 fully saturated rings. The Balaban J connectivity index is 1.22. The smallest absolute Gasteiger partial charge is 0.251 e. The van der Waals surface area contributed by atoms with Crippen LogP contribution in [0.3, 0.4) is 0 Å². The third-order valence-electron chi connectivity index (χ3n) is 4.52. The van der Waals surface area contributed by atoms with E-state index in [-0.39, 0.29) is 5.91 Å². The first-order chi connectivity index (χ1) is 14.3. The quantitative estimate of drug-likeness (QED) is 0.454. The number of carbonyl (C=O) groups is 1. The van der Waals surface area contributed by atoms with Gasteiger partial charge in [-0.3, -0.25) is 9.78 Å². The van der Waals surface area contributed by atoms with Crippen LogP contribution in [0.15, 0.2) is 72.9 Å². The number of pyridine rings is 1. The van der Waals surface area contributed by atoms with Crippen molar-refractivity contribution in [1.82, 2.24) is 24.8 Å². The highest BCUT2D eigenvalue weighted by Crippen LogP contribution is 2.21. The minimum Gasteiger partial charge on any atom is -0.352 e. The second kappa shape index (κ2) is 9.25. The number of nitrogens with one attached hydrogen (secondary N) is 1. The van der Waals surface area contributed by atoms with Crippen LogP contribution in [0.25, 0.3) is 11.3 Å². The molecule has 1 amide bonds. The monoisotopic (exact) mass is 403 g/mol. The molecule has 6 nitrogen and oxygen atoms in total. The van der Waals surface area contributed by atoms with E-state index >= 15 is 0 Å². The van der Waals surface area contributed by atoms with Crippen LogP contribution in [0.5, 0.6) is 0 Å². The molecule has 0 aliphatic rings. The third-order valence-corrected chi connectivity index (χ3v) is 5.43. The number of hydrogen-bond donors (Lipinski definition) is 1. The average Bonchev–Trinajstić information content (AvgIpc) is 3.44. The minimum atomic E-state index is -0.0456. The highest BCUT2D eigenvalue weighted by Gasteiger charge is 2.07. The Morgan fingerprint density at radius 3 is 2.62 bits per heavy atom. The molecule has 0 aliphatic carbocycles. The van der Waals surface area contributed by atoms with Gasteiger partial charge in [0, 0.05) is 60.8 Å². The lowest BCUT2D eigenvalue weighted by atomic mass is 10.1. The van der Waals surface area contributed by atoms with Crippen LogP contribution in [-0.4, -0.2) is 32.0 Å². The van der Waals surface area contributed by atoms with Gasteiger partial charge in [0.25, 0.3) is 5.91 Å². The van der Waals surface area contributed by atoms with Crippen LogP contribution < -0.4 is 5.32 Å². The van der Waals surface area contributed by atoms with Crippen LogP contribution in [0.4, 0.5) is 0 Å². The summed E-state index contributed by atoms with van der Waals surface area (Å²) in [5.41, 5.74) is 3.86. The van der Waals surface area contributed by atoms with Gasteiger partial charge in [0.2, 0.25) is 0 Å². The van der Waals surface area contributed by atoms with E-state index in [0.717, 1.165) is 41.2 Å². The Morgan fingerprint density at radius 1 is 1.03 bits per heavy atom. The summed E-state index contributed by atoms with van der Waals surface area (Å²) in [5, 5.41) is 6.13. The van der Waals surface area contributed by atoms with Crippen molar-refractivity contribution in [2.24, 2.45) is 0 Å². The Morgan fingerprint density at radius 2 is 1.86 bits per heavy atom. The molecular formula is C22H21N5OS. The number of imidazole rings is 1. The van der Waals surface area contributed by atoms with Gasteiger partial charge in [0.1, 0.15) is 0 Å². The number of hydrogen-bond acceptors (Lipinski definition) is 5. The van der Waals surface area contributed by atoms with Crippen molar-refractivity contribution < 1.29 is 4.79 Å². The maximum Gasteiger partial charge on any atom is 0.251 e. The van der Waals surface area contributed by atoms with Gasteiger partial charge in [0.05, 0.1) is 17.0 Å². The number of thiazole rings is 1. The summed E-state index contributed by atoms with van der Waals surface area (Å²) >= 11 is 1.65. The molecule has 0 spiro atoms. The topological polar surface area (TPSA) is 72.7 Å². The van der Waals surface area contributed by atoms with Crippen molar-refractivity contribution in [1.29, 1.82) is 0 Å². The lowest BCUT2D eigenvalue weighted by molar-refractivity contribution is 0.0953. The van der Waals surface area contributed by atoms with Gasteiger partial charge in [0.15, 0.2) is 0 Å². The zero-order chi connectivity index (χ0) is 19.9. The van der Waals surface area contributed by atoms with Gasteiger partial charge in [-0.2, -0.15) is 0 Å². The van der Waals surface area contributed by atoms with Gasteiger partial charge in [-0.05, 0) is 36.2 Å². The predicted octanol–water partition coefficient (Wildman–Crippen LogP) is 3.81. The summed E-state index contributed by atoms with van der Waals surface area (Å²) in [5.74, 6) is -0.0456. The van der Waals surface area contributed by atoms with E-state index in [0.29, 0.717) is 12.1 Å². The number of carbonyl (C=O) groups excluding carboxylic acids is 1. The normalized spacial score (nSPS) is 10.8. The molecule has 0 saturated heterocycles. The molecule has 4 rings (SSSR count). The summed E-state index contributed by atoms with van der Waals surface area (Å²) in [7, 11) is 0. The molecule has 3 aromatic heterocycles. The van der Waals surface area contributed by atoms with E-state index in [4.69, 9.17) is 0 Å². The molecule has 0 saturated carbocycles. The lowest BCUT2D eigenvalue weighted by Crippen LogP contribution is -2.24. The summed E-state index contributed by atoms with van der Waals surface area (Å²) in [6.45, 7) is 1.37. The lowest BCUT2D eigenvalue weighted by Gasteiger charge is -2.06. The molecule has 3 heterocycles. The molecule has 0 atom stereocenters. The zero-order valence-electron chi connectivity index (χ0n) is 15.9. The molecule has 0 bridgehead atoms. The van der Waals surface area contributed by atoms with Crippen molar-refractivity contribution in [2.75, 3.05) is 6.54 Å². The van der Waals surface area contributed by atoms with E-state index in [1.807, 2.05) is 47.2 Å². The third kappa shape index (κ3) is 5.14. The number of benzene rings is 1. The molecule has 1 N–H and O–H groups in total. The Labute approximate surface area is 173 Å². The standard InChI is InChI=1S/C22H21N5OS/c28-22(19-5-3-17(4-6-19)14-27-13-12-24-16-27)25-9-1-2-21-26-20(15-29-21)18-7-10-23-11-8-18/h3-8,10-13,15-16H,1-2,9,14H2,(H,25,28). The number of rotatable bonds is 8. The van der Waals surface area contributed by atoms with Crippen molar-refractivity contribution >= 4 is 17.2 Å². The van der Waals surface area contributed by atoms with Gasteiger partial charge >= 0.3 is 0 Å². The van der Waals surface area contributed by atoms with E-state index in [2.05, 4.69) is 25.6 Å². The number of aromatic nitrogens is 4. The molecule has 1 aromatic carbocycles. The van der Waals surface area contributed by atoms with Crippen molar-refractivity contribution in [3.05, 3.63) is 89.0 Å². The van der Waals surface area contributed by atoms with E-state index in [9.17, 15) is 4.79 Å². The Bertz CT molecular complexity index is 1040. The maximum absolute atomic E-state index is 12.3. The van der Waals surface area contributed by atoms with Crippen molar-refractivity contribution in [3.8, 4) is 11.3 Å². The largest absolute Gasteiger partial charge is 0.352 e. The van der Waals surface area contributed by atoms with E-state index in [1.54, 1.807) is 36.3 Å². The fourth-order valence-corrected chi connectivity index (χ4v) is 3.83. The predicted molar refractivity (Wildman–Crippen MR) is 114 cm³/mol. The first-order valence-corrected chi connectivity index (χ1v) is 10.3. The van der Waals surface area contributed by atoms with Gasteiger partial charge in [-0.15, -0.1) is 11.3 Å². The van der Waals surface area contributed by atoms with Crippen LogP contribution in [0.2, 0.25) is 0 Å². The molecule has 146 valence electrons. The molecule has 4 aromatic rings. The number of nitrogens with zero attached hydrogens (tertiary/aromatic N) is 4. The minimum absolute atomic E-state index is 0.0456. The molecule has 0 unspecified atom stereocenters. The summed E-state index contributed by atoms with van der Waals surface area (Å²) < 4.78 is 1.99. The van der Waals surface area contributed by atoms with Crippen LogP contribution in [0.1, 0.15) is 27.3 Å². The molecule has 0 aliphatic heterocycles. The molecule has 7 heteroatoms. The van der Waals surface area contributed by atoms with Crippen LogP contribution in [-0.2, 0) is 13.0 Å². The maximum atomic E-state index is 12.3. The van der Waals surface area contributed by atoms with Crippen molar-refractivity contribution in [3.63, 3.8) is 0 Å². The van der Waals surface area contributed by atoms with E-state index < -0.39 is 0 Å². The van der Waals surface area contributed by atoms with Gasteiger partial charge in [-0.25, -0.2) is 9.97 Å². The molecular weight excluding hydrogens is 382 g/mol. The average molecular weight is 404 g/mol. The first kappa shape index (κ1) is 19.0. The van der Waals surface area contributed by atoms with Gasteiger partial charge in [-0.1, -0.05) is 12.1 Å². The summed E-state index contributed by atoms with van der Waals surface area (Å²) in [6, 6.07) is 11.6. The zero-order valence-corrected chi connectivity index (χ0v) is 16.7. The second-order valence-corrected chi connectivity index (χ2v) is 7.60. The first-order valence-electron chi connectivity index (χ1n) is 9.45. The summed E-state index contributed by atoms with van der Waals surface area (Å²) in [4.78, 5) is 25.1. The van der Waals surface area contributed by atoms with Crippen LogP contribution in [0, 0.1) is 0 Å². The molecule has 29 heavy (non-hydrogen) atoms. The Kier molecular flexibility index (Phi) is 6.07. The highest BCUT2D eigenvalue weighted by molar-refractivity contribution is 7.09. The number of amides is 1. The van der Waals surface area contributed by atoms with Crippen molar-refractivity contribution in [2.45, 2.75) is 19.4 Å². The number of aryl methyl sites for hydroxylation is 1. The highest BCUT2D eigenvalue weighted by atomic mass is 32.1. The molecule has 0 radical (unpaired) electrons. The van der Waals surface area contributed by atoms with Crippen LogP contribution >= 0.6 is 11.3 Å². The van der Waals surface area contributed by atoms with Gasteiger partial charge < -0.3 is 9.88 Å². The Hall–Kier alpha value is -3.32.